The molecule has 18 heteroatoms. The maximum absolute atomic E-state index is 10.9. The van der Waals surface area contributed by atoms with Gasteiger partial charge in [0.15, 0.2) is 0 Å². The van der Waals surface area contributed by atoms with Gasteiger partial charge >= 0.3 is 35.8 Å². The van der Waals surface area contributed by atoms with E-state index in [0.29, 0.717) is 69.6 Å². The Balaban J connectivity index is -0.000000206. The minimum absolute atomic E-state index is 0.287. The highest BCUT2D eigenvalue weighted by molar-refractivity contribution is 5.88. The van der Waals surface area contributed by atoms with Crippen molar-refractivity contribution in [2.75, 3.05) is 79.3 Å². The van der Waals surface area contributed by atoms with Crippen molar-refractivity contribution < 1.29 is 85.6 Å². The molecular weight excluding hydrogens is 1860 g/mol. The molecule has 18 nitrogen and oxygen atoms in total. The third-order valence-corrected chi connectivity index (χ3v) is 18.9. The summed E-state index contributed by atoms with van der Waals surface area (Å²) in [5.41, 5.74) is 18.8. The van der Waals surface area contributed by atoms with E-state index >= 15 is 0 Å². The first-order valence-corrected chi connectivity index (χ1v) is 51.9. The van der Waals surface area contributed by atoms with Crippen LogP contribution < -0.4 is 14.2 Å². The lowest BCUT2D eigenvalue weighted by molar-refractivity contribution is -0.139. The second-order valence-corrected chi connectivity index (χ2v) is 36.4. The Hall–Kier alpha value is -13.0. The molecule has 0 amide bonds. The van der Waals surface area contributed by atoms with E-state index in [0.717, 1.165) is 262 Å². The van der Waals surface area contributed by atoms with Crippen molar-refractivity contribution in [1.82, 2.24) is 0 Å². The molecule has 0 heterocycles. The number of hydrogen-bond donors (Lipinski definition) is 0. The van der Waals surface area contributed by atoms with Crippen molar-refractivity contribution in [2.24, 2.45) is 0 Å². The fourth-order valence-electron chi connectivity index (χ4n) is 10.3. The van der Waals surface area contributed by atoms with Gasteiger partial charge in [-0.25, -0.2) is 28.8 Å². The molecule has 3 aromatic rings. The third kappa shape index (κ3) is 141. The lowest BCUT2D eigenvalue weighted by Gasteiger charge is -2.06. The first kappa shape index (κ1) is 154. The van der Waals surface area contributed by atoms with Crippen LogP contribution in [0.25, 0.3) is 18.2 Å². The Morgan fingerprint density at radius 1 is 0.195 bits per heavy atom. The summed E-state index contributed by atoms with van der Waals surface area (Å²) in [6.45, 7) is 124. The van der Waals surface area contributed by atoms with E-state index in [-0.39, 0.29) is 35.8 Å². The third-order valence-electron chi connectivity index (χ3n) is 18.9. The molecule has 0 spiro atoms. The predicted octanol–water partition coefficient (Wildman–Crippen LogP) is 36.4. The average molecular weight is 2070 g/mol. The summed E-state index contributed by atoms with van der Waals surface area (Å²) >= 11 is 0. The van der Waals surface area contributed by atoms with E-state index in [2.05, 4.69) is 183 Å². The quantitative estimate of drug-likeness (QED) is 0.0128. The topological polar surface area (TPSA) is 213 Å². The summed E-state index contributed by atoms with van der Waals surface area (Å²) in [5.74, 6) is 0.811. The molecule has 0 aromatic heterocycles. The standard InChI is InChI=1S/C16H22O.C15H20O.C13H16O.C12H20O2.2C11H18O2.C10H16O2.C10H18O.C9H14O2.C9H16O.C8H12O2.C7H12O/c1-4-15-9-11-16(12-10-15)17-13-7-5-6-8-14(2)3;1-4-14-8-10-15(11-9-14)16-12-6-5-7-13(2)3;1-4-12-5-7-13(8-6-12)14-10-9-11(2)3;1-10(2)8-6-5-7-9-14-12(13)11(3)4;1-9(2)7-5-6-8-13-11(12)10(3)4;1-4-11(12)13-9-7-5-6-8-10(2)3;1-4-10(11)12-8-6-5-7-9(2)3;1-4-11-9-7-5-6-8-10(2)3;1-7(2)5-6-11-9(10)8(3)4;1-4-10-8-6-5-7-9(2)3;1-4-8(9)10-6-5-7(2)3;1-4-8-6-5-7(2)3/h4,9-12H,1-2,5-8,13H2,3H3;4,8-11H,1-2,5-7,12H2,3H3;4-8H,1-2,9-10H2,3H3;1,3,5-9H2,2,4H3;1,3,5-8H2,2,4H3;4H,1-2,5-9H2,3H3;4H,1-2,5-8H2,3H3;4H,1-2,5-9H2,3H3;1,3,5-6H2,2,4H3;4H,1-2,5-8H2,3H3;4H,1-2,5-6H2,3H3;4H,1-2,5-6H2,3H3. The molecule has 0 aliphatic carbocycles. The number of carbonyl (C=O) groups excluding carboxylic acids is 6. The highest BCUT2D eigenvalue weighted by Crippen LogP contribution is 2.19. The lowest BCUT2D eigenvalue weighted by Crippen LogP contribution is -2.06. The van der Waals surface area contributed by atoms with Gasteiger partial charge in [-0.2, -0.15) is 0 Å². The Bertz CT molecular complexity index is 4320. The minimum Gasteiger partial charge on any atom is -0.502 e. The van der Waals surface area contributed by atoms with E-state index in [4.69, 9.17) is 52.1 Å². The zero-order valence-electron chi connectivity index (χ0n) is 96.1. The van der Waals surface area contributed by atoms with E-state index < -0.39 is 0 Å². The van der Waals surface area contributed by atoms with Gasteiger partial charge in [-0.1, -0.05) is 200 Å². The van der Waals surface area contributed by atoms with E-state index in [1.54, 1.807) is 20.8 Å². The molecule has 0 saturated carbocycles. The van der Waals surface area contributed by atoms with Crippen molar-refractivity contribution >= 4 is 54.0 Å². The van der Waals surface area contributed by atoms with Crippen molar-refractivity contribution in [3.05, 3.63) is 368 Å². The van der Waals surface area contributed by atoms with E-state index in [1.165, 1.54) is 108 Å². The van der Waals surface area contributed by atoms with Crippen LogP contribution in [-0.2, 0) is 71.4 Å². The summed E-state index contributed by atoms with van der Waals surface area (Å²) in [4.78, 5) is 64.2. The van der Waals surface area contributed by atoms with Gasteiger partial charge in [0.05, 0.1) is 98.1 Å². The number of rotatable bonds is 71. The largest absolute Gasteiger partial charge is 0.502 e. The Morgan fingerprint density at radius 2 is 0.369 bits per heavy atom. The van der Waals surface area contributed by atoms with E-state index in [1.807, 2.05) is 153 Å². The fourth-order valence-corrected chi connectivity index (χ4v) is 10.3. The average Bonchev–Trinajstić information content (AvgIpc) is 0.925. The molecule has 834 valence electrons. The maximum atomic E-state index is 10.9. The Kier molecular flexibility index (Phi) is 119. The zero-order chi connectivity index (χ0) is 115. The van der Waals surface area contributed by atoms with Crippen LogP contribution in [0.3, 0.4) is 0 Å². The Morgan fingerprint density at radius 3 is 0.604 bits per heavy atom. The van der Waals surface area contributed by atoms with Crippen LogP contribution in [0, 0.1) is 0 Å². The molecule has 0 bridgehead atoms. The molecule has 0 radical (unpaired) electrons. The number of ether oxygens (including phenoxy) is 12. The van der Waals surface area contributed by atoms with Gasteiger partial charge in [-0.3, -0.25) is 0 Å². The minimum atomic E-state index is -0.374. The smallest absolute Gasteiger partial charge is 0.333 e. The monoisotopic (exact) mass is 2060 g/mol. The van der Waals surface area contributed by atoms with Gasteiger partial charge in [0.25, 0.3) is 0 Å². The molecule has 0 atom stereocenters. The Labute approximate surface area is 908 Å². The summed E-state index contributed by atoms with van der Waals surface area (Å²) in [7, 11) is 0. The molecule has 0 saturated heterocycles. The molecule has 0 unspecified atom stereocenters. The highest BCUT2D eigenvalue weighted by atomic mass is 16.6. The molecule has 3 aromatic carbocycles. The number of allylic oxidation sites excluding steroid dienone is 8. The number of carbonyl (C=O) groups is 6. The first-order valence-electron chi connectivity index (χ1n) is 51.9. The number of unbranched alkanes of at least 4 members (excludes halogenated alkanes) is 12. The van der Waals surface area contributed by atoms with Crippen molar-refractivity contribution in [3.63, 3.8) is 0 Å². The van der Waals surface area contributed by atoms with Crippen molar-refractivity contribution in [2.45, 2.75) is 309 Å². The number of esters is 6. The summed E-state index contributed by atoms with van der Waals surface area (Å²) < 4.78 is 60.6. The SMILES string of the molecule is C=C(C)CCCCCOC(=O)C(=C)C.C=C(C)CCCCOC(=O)C(=C)C.C=C(C)CCOC(=O)C(=C)C.C=CC(=O)OCCC(=C)C.C=CC(=O)OCCCCC(=C)C.C=CC(=O)OCCCCCC(=C)C.C=COCCC(=C)C.C=COCCCCC(=C)C.C=COCCCCCC(=C)C.C=Cc1ccc(OCCC(=C)C)cc1.C=Cc1ccc(OCCCCC(=C)C)cc1.C=Cc1ccc(OCCCCCC(=C)C)cc1. The number of benzene rings is 3. The molecule has 0 N–H and O–H groups in total. The van der Waals surface area contributed by atoms with Crippen molar-refractivity contribution in [3.8, 4) is 17.2 Å². The summed E-state index contributed by atoms with van der Waals surface area (Å²) in [5, 5.41) is 0. The second-order valence-electron chi connectivity index (χ2n) is 36.4. The molecule has 149 heavy (non-hydrogen) atoms. The molecule has 0 aliphatic heterocycles. The summed E-state index contributed by atoms with van der Waals surface area (Å²) in [6.07, 6.45) is 47.0. The van der Waals surface area contributed by atoms with Crippen LogP contribution in [-0.4, -0.2) is 115 Å². The molecular formula is C131H202O18. The normalized spacial score (nSPS) is 9.28. The van der Waals surface area contributed by atoms with Crippen LogP contribution >= 0.6 is 0 Å². The van der Waals surface area contributed by atoms with Crippen LogP contribution in [0.4, 0.5) is 0 Å². The van der Waals surface area contributed by atoms with Crippen LogP contribution in [0.1, 0.15) is 326 Å². The highest BCUT2D eigenvalue weighted by Gasteiger charge is 2.07. The fraction of sp³-hybridized carbons (Fsp3) is 0.450. The van der Waals surface area contributed by atoms with Gasteiger partial charge in [-0.05, 0) is 337 Å². The van der Waals surface area contributed by atoms with Crippen molar-refractivity contribution in [1.29, 1.82) is 0 Å². The maximum Gasteiger partial charge on any atom is 0.333 e. The first-order chi connectivity index (χ1) is 70.6. The molecule has 0 fully saturated rings. The van der Waals surface area contributed by atoms with Crippen LogP contribution in [0.15, 0.2) is 351 Å². The van der Waals surface area contributed by atoms with Crippen LogP contribution in [0.5, 0.6) is 17.2 Å². The van der Waals surface area contributed by atoms with Crippen LogP contribution in [0.2, 0.25) is 0 Å². The molecule has 0 aliphatic rings. The second kappa shape index (κ2) is 115. The lowest BCUT2D eigenvalue weighted by atomic mass is 10.1. The van der Waals surface area contributed by atoms with Gasteiger partial charge in [0.1, 0.15) is 17.2 Å². The summed E-state index contributed by atoms with van der Waals surface area (Å²) in [6, 6.07) is 23.9. The molecule has 3 rings (SSSR count). The van der Waals surface area contributed by atoms with Gasteiger partial charge in [0.2, 0.25) is 0 Å². The van der Waals surface area contributed by atoms with E-state index in [9.17, 15) is 28.8 Å². The van der Waals surface area contributed by atoms with Gasteiger partial charge in [0, 0.05) is 60.6 Å². The van der Waals surface area contributed by atoms with Gasteiger partial charge < -0.3 is 56.8 Å². The number of hydrogen-bond acceptors (Lipinski definition) is 18. The zero-order valence-corrected chi connectivity index (χ0v) is 96.1. The predicted molar refractivity (Wildman–Crippen MR) is 641 cm³/mol. The van der Waals surface area contributed by atoms with Gasteiger partial charge in [-0.15, -0.1) is 78.9 Å².